The van der Waals surface area contributed by atoms with Crippen molar-refractivity contribution in [3.63, 3.8) is 0 Å². The zero-order valence-corrected chi connectivity index (χ0v) is 17.3. The molecule has 1 N–H and O–H groups in total. The molecule has 3 aromatic rings. The van der Waals surface area contributed by atoms with Crippen LogP contribution in [0.25, 0.3) is 11.0 Å². The van der Waals surface area contributed by atoms with Crippen molar-refractivity contribution < 1.29 is 13.9 Å². The molecule has 1 aliphatic heterocycles. The molecule has 2 aromatic carbocycles. The van der Waals surface area contributed by atoms with Gasteiger partial charge in [0.1, 0.15) is 11.1 Å². The molecule has 0 aliphatic carbocycles. The fraction of sp³-hybridized carbons (Fsp3) is 0.238. The Hall–Kier alpha value is -2.15. The molecule has 1 atom stereocenters. The number of fused-ring (bicyclic) bond motifs is 1. The molecule has 1 unspecified atom stereocenters. The minimum atomic E-state index is -0.242. The number of nitrogens with zero attached hydrogens (tertiary/aromatic N) is 1. The Morgan fingerprint density at radius 3 is 2.79 bits per heavy atom. The van der Waals surface area contributed by atoms with Crippen LogP contribution < -0.4 is 10.9 Å². The maximum absolute atomic E-state index is 12.9. The number of hydrogen-bond acceptors (Lipinski definition) is 4. The lowest BCUT2D eigenvalue weighted by atomic mass is 10.1. The second-order valence-electron chi connectivity index (χ2n) is 6.58. The molecule has 1 saturated heterocycles. The normalized spacial score (nSPS) is 17.2. The molecule has 7 heteroatoms. The highest BCUT2D eigenvalue weighted by molar-refractivity contribution is 9.10. The number of rotatable bonds is 4. The summed E-state index contributed by atoms with van der Waals surface area (Å²) in [6, 6.07) is 14.5. The molecular formula is C21H18BrClN2O3. The van der Waals surface area contributed by atoms with E-state index in [1.54, 1.807) is 30.3 Å². The molecule has 1 aliphatic rings. The summed E-state index contributed by atoms with van der Waals surface area (Å²) in [5.74, 6) is -0.242. The number of amides is 1. The summed E-state index contributed by atoms with van der Waals surface area (Å²) in [7, 11) is 0. The van der Waals surface area contributed by atoms with Crippen LogP contribution in [-0.4, -0.2) is 25.2 Å². The van der Waals surface area contributed by atoms with E-state index in [0.29, 0.717) is 28.4 Å². The topological polar surface area (TPSA) is 63.8 Å². The van der Waals surface area contributed by atoms with Gasteiger partial charge in [0.2, 0.25) is 5.55 Å². The molecule has 2 heterocycles. The van der Waals surface area contributed by atoms with Crippen molar-refractivity contribution in [2.75, 3.05) is 13.2 Å². The second-order valence-corrected chi connectivity index (χ2v) is 7.93. The van der Waals surface area contributed by atoms with E-state index in [4.69, 9.17) is 20.8 Å². The van der Waals surface area contributed by atoms with E-state index in [0.717, 1.165) is 29.3 Å². The maximum atomic E-state index is 12.9. The molecule has 5 nitrogen and oxygen atoms in total. The fourth-order valence-corrected chi connectivity index (χ4v) is 3.59. The smallest absolute Gasteiger partial charge is 0.256 e. The Bertz CT molecular complexity index is 1070. The summed E-state index contributed by atoms with van der Waals surface area (Å²) < 4.78 is 12.5. The van der Waals surface area contributed by atoms with Crippen molar-refractivity contribution in [3.8, 4) is 0 Å². The summed E-state index contributed by atoms with van der Waals surface area (Å²) in [5.41, 5.74) is 1.92. The predicted molar refractivity (Wildman–Crippen MR) is 112 cm³/mol. The van der Waals surface area contributed by atoms with E-state index >= 15 is 0 Å². The summed E-state index contributed by atoms with van der Waals surface area (Å²) in [6.07, 6.45) is 2.04. The van der Waals surface area contributed by atoms with Gasteiger partial charge in [-0.25, -0.2) is 4.99 Å². The van der Waals surface area contributed by atoms with Crippen LogP contribution in [-0.2, 0) is 4.74 Å². The number of halogens is 2. The van der Waals surface area contributed by atoms with Crippen molar-refractivity contribution in [1.29, 1.82) is 0 Å². The van der Waals surface area contributed by atoms with Crippen LogP contribution in [0.15, 0.2) is 62.4 Å². The third kappa shape index (κ3) is 4.46. The number of hydrogen-bond donors (Lipinski definition) is 1. The average Bonchev–Trinajstić information content (AvgIpc) is 3.21. The number of benzene rings is 2. The van der Waals surface area contributed by atoms with Crippen LogP contribution in [0.2, 0.25) is 5.02 Å². The van der Waals surface area contributed by atoms with Crippen LogP contribution in [0.4, 0.5) is 5.69 Å². The Kier molecular flexibility index (Phi) is 5.80. The van der Waals surface area contributed by atoms with Crippen LogP contribution in [0.1, 0.15) is 23.2 Å². The molecule has 0 spiro atoms. The lowest BCUT2D eigenvalue weighted by Gasteiger charge is -2.11. The zero-order chi connectivity index (χ0) is 19.5. The summed E-state index contributed by atoms with van der Waals surface area (Å²) in [5, 5.41) is 4.37. The third-order valence-electron chi connectivity index (χ3n) is 4.52. The first kappa shape index (κ1) is 19.2. The molecule has 1 aromatic heterocycles. The van der Waals surface area contributed by atoms with Gasteiger partial charge < -0.3 is 14.5 Å². The van der Waals surface area contributed by atoms with Gasteiger partial charge in [-0.2, -0.15) is 0 Å². The highest BCUT2D eigenvalue weighted by Gasteiger charge is 2.18. The Morgan fingerprint density at radius 1 is 1.21 bits per heavy atom. The summed E-state index contributed by atoms with van der Waals surface area (Å²) in [6.45, 7) is 1.22. The molecule has 1 amide bonds. The molecule has 0 bridgehead atoms. The molecular weight excluding hydrogens is 444 g/mol. The van der Waals surface area contributed by atoms with Crippen LogP contribution in [0.3, 0.4) is 0 Å². The first-order valence-corrected chi connectivity index (χ1v) is 10.2. The van der Waals surface area contributed by atoms with E-state index < -0.39 is 0 Å². The molecule has 1 fully saturated rings. The molecule has 28 heavy (non-hydrogen) atoms. The number of carbonyl (C=O) groups is 1. The highest BCUT2D eigenvalue weighted by Crippen LogP contribution is 2.21. The highest BCUT2D eigenvalue weighted by atomic mass is 79.9. The van der Waals surface area contributed by atoms with E-state index in [1.807, 2.05) is 18.2 Å². The third-order valence-corrected chi connectivity index (χ3v) is 5.27. The maximum Gasteiger partial charge on any atom is 0.256 e. The van der Waals surface area contributed by atoms with Gasteiger partial charge in [0.25, 0.3) is 5.91 Å². The Balaban J connectivity index is 1.74. The van der Waals surface area contributed by atoms with E-state index in [2.05, 4.69) is 26.2 Å². The zero-order valence-electron chi connectivity index (χ0n) is 15.0. The van der Waals surface area contributed by atoms with E-state index in [9.17, 15) is 4.79 Å². The molecule has 4 rings (SSSR count). The van der Waals surface area contributed by atoms with Crippen molar-refractivity contribution in [3.05, 3.63) is 69.1 Å². The summed E-state index contributed by atoms with van der Waals surface area (Å²) in [4.78, 5) is 17.4. The monoisotopic (exact) mass is 460 g/mol. The molecule has 0 radical (unpaired) electrons. The van der Waals surface area contributed by atoms with Crippen LogP contribution in [0.5, 0.6) is 0 Å². The van der Waals surface area contributed by atoms with Crippen LogP contribution in [0, 0.1) is 0 Å². The molecule has 144 valence electrons. The van der Waals surface area contributed by atoms with Crippen molar-refractivity contribution in [2.24, 2.45) is 4.99 Å². The van der Waals surface area contributed by atoms with Gasteiger partial charge in [-0.15, -0.1) is 0 Å². The number of nitrogens with one attached hydrogen (secondary N) is 1. The molecule has 0 saturated carbocycles. The first-order chi connectivity index (χ1) is 13.6. The van der Waals surface area contributed by atoms with Gasteiger partial charge in [0.15, 0.2) is 0 Å². The largest absolute Gasteiger partial charge is 0.438 e. The van der Waals surface area contributed by atoms with Crippen molar-refractivity contribution >= 4 is 50.1 Å². The van der Waals surface area contributed by atoms with Gasteiger partial charge in [0.05, 0.1) is 11.8 Å². The van der Waals surface area contributed by atoms with Gasteiger partial charge in [-0.1, -0.05) is 27.5 Å². The Labute approximate surface area is 175 Å². The number of ether oxygens (including phenoxy) is 1. The lowest BCUT2D eigenvalue weighted by Crippen LogP contribution is -2.34. The summed E-state index contributed by atoms with van der Waals surface area (Å²) >= 11 is 9.40. The fourth-order valence-electron chi connectivity index (χ4n) is 3.09. The Morgan fingerprint density at radius 2 is 2.04 bits per heavy atom. The van der Waals surface area contributed by atoms with E-state index in [-0.39, 0.29) is 17.6 Å². The van der Waals surface area contributed by atoms with Crippen LogP contribution >= 0.6 is 27.5 Å². The van der Waals surface area contributed by atoms with Crippen molar-refractivity contribution in [2.45, 2.75) is 18.9 Å². The minimum Gasteiger partial charge on any atom is -0.438 e. The average molecular weight is 462 g/mol. The van der Waals surface area contributed by atoms with Gasteiger partial charge in [0, 0.05) is 28.0 Å². The second kappa shape index (κ2) is 8.47. The predicted octanol–water partition coefficient (Wildman–Crippen LogP) is 4.99. The lowest BCUT2D eigenvalue weighted by molar-refractivity contribution is 0.0854. The number of carbonyl (C=O) groups excluding carboxylic acids is 1. The quantitative estimate of drug-likeness (QED) is 0.595. The van der Waals surface area contributed by atoms with Gasteiger partial charge in [-0.05, 0) is 61.4 Å². The SMILES string of the molecule is O=C(NCC1CCCO1)c1cc2cc(Br)ccc2oc1=Nc1ccc(Cl)cc1. The van der Waals surface area contributed by atoms with Crippen molar-refractivity contribution in [1.82, 2.24) is 5.32 Å². The minimum absolute atomic E-state index is 0.0622. The first-order valence-electron chi connectivity index (χ1n) is 9.02. The van der Waals surface area contributed by atoms with Gasteiger partial charge >= 0.3 is 0 Å². The standard InChI is InChI=1S/C21H18BrClN2O3/c22-14-3-8-19-13(10-14)11-18(20(26)24-12-17-2-1-9-27-17)21(28-19)25-16-6-4-15(23)5-7-16/h3-8,10-11,17H,1-2,9,12H2,(H,24,26). The van der Waals surface area contributed by atoms with Gasteiger partial charge in [-0.3, -0.25) is 4.79 Å². The van der Waals surface area contributed by atoms with E-state index in [1.165, 1.54) is 0 Å².